The first-order valence-electron chi connectivity index (χ1n) is 7.83. The van der Waals surface area contributed by atoms with Crippen molar-refractivity contribution in [2.75, 3.05) is 0 Å². The van der Waals surface area contributed by atoms with Crippen LogP contribution < -0.4 is 0 Å². The third-order valence-corrected chi connectivity index (χ3v) is 4.47. The standard InChI is InChI=1S/C21H14O4/c22-19-17-11-10-16(12-18(17)20(23)21(19,24)25)15-8-6-14(7-9-15)13-4-2-1-3-5-13/h1-12,24-25H. The molecule has 3 aromatic carbocycles. The Morgan fingerprint density at radius 3 is 1.68 bits per heavy atom. The van der Waals surface area contributed by atoms with E-state index in [0.717, 1.165) is 22.3 Å². The Morgan fingerprint density at radius 1 is 0.560 bits per heavy atom. The van der Waals surface area contributed by atoms with Crippen LogP contribution in [-0.4, -0.2) is 27.6 Å². The van der Waals surface area contributed by atoms with Gasteiger partial charge in [-0.2, -0.15) is 0 Å². The third-order valence-electron chi connectivity index (χ3n) is 4.47. The van der Waals surface area contributed by atoms with Gasteiger partial charge >= 0.3 is 0 Å². The third kappa shape index (κ3) is 2.39. The lowest BCUT2D eigenvalue weighted by atomic mass is 9.97. The molecular formula is C21H14O4. The number of fused-ring (bicyclic) bond motifs is 1. The second-order valence-electron chi connectivity index (χ2n) is 6.03. The molecule has 0 amide bonds. The van der Waals surface area contributed by atoms with Crippen molar-refractivity contribution in [3.63, 3.8) is 0 Å². The lowest BCUT2D eigenvalue weighted by Gasteiger charge is -2.08. The number of Topliss-reactive ketones (excluding diaryl/α,β-unsaturated/α-hetero) is 2. The minimum Gasteiger partial charge on any atom is -0.353 e. The smallest absolute Gasteiger partial charge is 0.295 e. The predicted molar refractivity (Wildman–Crippen MR) is 93.1 cm³/mol. The van der Waals surface area contributed by atoms with E-state index in [1.165, 1.54) is 12.1 Å². The summed E-state index contributed by atoms with van der Waals surface area (Å²) in [6.45, 7) is 0. The van der Waals surface area contributed by atoms with Gasteiger partial charge < -0.3 is 10.2 Å². The number of carbonyl (C=O) groups is 2. The summed E-state index contributed by atoms with van der Waals surface area (Å²) < 4.78 is 0. The first kappa shape index (κ1) is 15.4. The molecule has 0 heterocycles. The summed E-state index contributed by atoms with van der Waals surface area (Å²) >= 11 is 0. The number of hydrogen-bond acceptors (Lipinski definition) is 4. The van der Waals surface area contributed by atoms with Crippen LogP contribution in [0.25, 0.3) is 22.3 Å². The van der Waals surface area contributed by atoms with Crippen molar-refractivity contribution in [3.05, 3.63) is 83.9 Å². The Kier molecular flexibility index (Phi) is 3.39. The Balaban J connectivity index is 1.72. The van der Waals surface area contributed by atoms with Crippen LogP contribution in [0.3, 0.4) is 0 Å². The number of aliphatic hydroxyl groups is 2. The molecule has 0 unspecified atom stereocenters. The van der Waals surface area contributed by atoms with Crippen LogP contribution in [0.1, 0.15) is 20.7 Å². The van der Waals surface area contributed by atoms with Crippen molar-refractivity contribution in [3.8, 4) is 22.3 Å². The highest BCUT2D eigenvalue weighted by molar-refractivity contribution is 6.30. The van der Waals surface area contributed by atoms with Crippen molar-refractivity contribution >= 4 is 11.6 Å². The molecule has 4 heteroatoms. The number of carbonyl (C=O) groups excluding carboxylic acids is 2. The van der Waals surface area contributed by atoms with Gasteiger partial charge in [0.2, 0.25) is 11.6 Å². The van der Waals surface area contributed by atoms with Crippen LogP contribution in [0.4, 0.5) is 0 Å². The Labute approximate surface area is 144 Å². The molecule has 2 N–H and O–H groups in total. The summed E-state index contributed by atoms with van der Waals surface area (Å²) in [4.78, 5) is 23.9. The molecule has 0 saturated carbocycles. The highest BCUT2D eigenvalue weighted by Gasteiger charge is 2.50. The predicted octanol–water partition coefficient (Wildman–Crippen LogP) is 3.08. The molecule has 1 aliphatic rings. The van der Waals surface area contributed by atoms with E-state index in [0.29, 0.717) is 0 Å². The normalized spacial score (nSPS) is 15.3. The molecular weight excluding hydrogens is 316 g/mol. The van der Waals surface area contributed by atoms with E-state index in [1.54, 1.807) is 6.07 Å². The molecule has 0 fully saturated rings. The zero-order valence-electron chi connectivity index (χ0n) is 13.1. The molecule has 0 radical (unpaired) electrons. The van der Waals surface area contributed by atoms with Gasteiger partial charge in [0.1, 0.15) is 0 Å². The molecule has 0 aromatic heterocycles. The number of hydrogen-bond donors (Lipinski definition) is 2. The summed E-state index contributed by atoms with van der Waals surface area (Å²) in [5, 5.41) is 19.3. The maximum Gasteiger partial charge on any atom is 0.295 e. The Bertz CT molecular complexity index is 986. The molecule has 25 heavy (non-hydrogen) atoms. The van der Waals surface area contributed by atoms with Gasteiger partial charge in [-0.25, -0.2) is 0 Å². The second-order valence-corrected chi connectivity index (χ2v) is 6.03. The highest BCUT2D eigenvalue weighted by Crippen LogP contribution is 2.32. The van der Waals surface area contributed by atoms with Crippen LogP contribution in [0.5, 0.6) is 0 Å². The zero-order chi connectivity index (χ0) is 17.6. The van der Waals surface area contributed by atoms with Crippen molar-refractivity contribution < 1.29 is 19.8 Å². The van der Waals surface area contributed by atoms with E-state index in [4.69, 9.17) is 0 Å². The van der Waals surface area contributed by atoms with Crippen LogP contribution >= 0.6 is 0 Å². The van der Waals surface area contributed by atoms with Crippen LogP contribution in [0.2, 0.25) is 0 Å². The van der Waals surface area contributed by atoms with Crippen molar-refractivity contribution in [2.45, 2.75) is 5.79 Å². The van der Waals surface area contributed by atoms with E-state index < -0.39 is 17.4 Å². The summed E-state index contributed by atoms with van der Waals surface area (Å²) in [7, 11) is 0. The largest absolute Gasteiger partial charge is 0.353 e. The van der Waals surface area contributed by atoms with Gasteiger partial charge in [-0.15, -0.1) is 0 Å². The summed E-state index contributed by atoms with van der Waals surface area (Å²) in [5.41, 5.74) is 3.86. The minimum absolute atomic E-state index is 0.0413. The average molecular weight is 330 g/mol. The van der Waals surface area contributed by atoms with Gasteiger partial charge in [0, 0.05) is 11.1 Å². The molecule has 122 valence electrons. The summed E-state index contributed by atoms with van der Waals surface area (Å²) in [6, 6.07) is 22.5. The van der Waals surface area contributed by atoms with Crippen molar-refractivity contribution in [1.29, 1.82) is 0 Å². The number of ketones is 2. The Morgan fingerprint density at radius 2 is 1.04 bits per heavy atom. The molecule has 0 saturated heterocycles. The van der Waals surface area contributed by atoms with E-state index in [9.17, 15) is 19.8 Å². The van der Waals surface area contributed by atoms with Gasteiger partial charge in [-0.1, -0.05) is 60.7 Å². The number of benzene rings is 3. The quantitative estimate of drug-likeness (QED) is 0.559. The van der Waals surface area contributed by atoms with Crippen LogP contribution in [0, 0.1) is 0 Å². The summed E-state index contributed by atoms with van der Waals surface area (Å²) in [5.74, 6) is -4.90. The minimum atomic E-state index is -2.95. The molecule has 0 spiro atoms. The molecule has 3 aromatic rings. The van der Waals surface area contributed by atoms with E-state index in [-0.39, 0.29) is 11.1 Å². The molecule has 0 aliphatic heterocycles. The van der Waals surface area contributed by atoms with Crippen molar-refractivity contribution in [1.82, 2.24) is 0 Å². The SMILES string of the molecule is O=C1c2ccc(-c3ccc(-c4ccccc4)cc3)cc2C(=O)C1(O)O. The lowest BCUT2D eigenvalue weighted by Crippen LogP contribution is -2.40. The van der Waals surface area contributed by atoms with Crippen molar-refractivity contribution in [2.24, 2.45) is 0 Å². The lowest BCUT2D eigenvalue weighted by molar-refractivity contribution is -0.0857. The highest BCUT2D eigenvalue weighted by atomic mass is 16.5. The van der Waals surface area contributed by atoms with E-state index in [1.807, 2.05) is 54.6 Å². The topological polar surface area (TPSA) is 74.6 Å². The van der Waals surface area contributed by atoms with Crippen LogP contribution in [-0.2, 0) is 0 Å². The van der Waals surface area contributed by atoms with Gasteiger partial charge in [-0.3, -0.25) is 9.59 Å². The van der Waals surface area contributed by atoms with Gasteiger partial charge in [-0.05, 0) is 34.4 Å². The van der Waals surface area contributed by atoms with Gasteiger partial charge in [0.05, 0.1) is 0 Å². The average Bonchev–Trinajstić information content (AvgIpc) is 2.83. The molecule has 0 bridgehead atoms. The first-order chi connectivity index (χ1) is 12.0. The maximum absolute atomic E-state index is 12.0. The summed E-state index contributed by atoms with van der Waals surface area (Å²) in [6.07, 6.45) is 0. The molecule has 1 aliphatic carbocycles. The second kappa shape index (κ2) is 5.48. The first-order valence-corrected chi connectivity index (χ1v) is 7.83. The molecule has 0 atom stereocenters. The zero-order valence-corrected chi connectivity index (χ0v) is 13.1. The fourth-order valence-electron chi connectivity index (χ4n) is 3.07. The van der Waals surface area contributed by atoms with Crippen LogP contribution in [0.15, 0.2) is 72.8 Å². The molecule has 4 nitrogen and oxygen atoms in total. The molecule has 4 rings (SSSR count). The van der Waals surface area contributed by atoms with E-state index >= 15 is 0 Å². The fourth-order valence-corrected chi connectivity index (χ4v) is 3.07. The Hall–Kier alpha value is -3.08. The number of rotatable bonds is 2. The van der Waals surface area contributed by atoms with Gasteiger partial charge in [0.25, 0.3) is 5.79 Å². The van der Waals surface area contributed by atoms with E-state index in [2.05, 4.69) is 0 Å². The maximum atomic E-state index is 12.0. The monoisotopic (exact) mass is 330 g/mol. The van der Waals surface area contributed by atoms with Gasteiger partial charge in [0.15, 0.2) is 0 Å². The fraction of sp³-hybridized carbons (Fsp3) is 0.0476.